The van der Waals surface area contributed by atoms with E-state index in [-0.39, 0.29) is 23.7 Å². The maximum Gasteiger partial charge on any atom is 0.307 e. The summed E-state index contributed by atoms with van der Waals surface area (Å²) in [5.41, 5.74) is 0. The van der Waals surface area contributed by atoms with Crippen molar-refractivity contribution in [2.75, 3.05) is 27.3 Å². The Morgan fingerprint density at radius 2 is 2.05 bits per heavy atom. The number of aliphatic carboxylic acids is 1. The van der Waals surface area contributed by atoms with Gasteiger partial charge in [0.25, 0.3) is 0 Å². The number of nitrogens with zero attached hydrogens (tertiary/aromatic N) is 1. The number of benzene rings is 1. The molecule has 7 nitrogen and oxygen atoms in total. The Morgan fingerprint density at radius 3 is 2.57 bits per heavy atom. The molecule has 1 aliphatic heterocycles. The Morgan fingerprint density at radius 1 is 1.33 bits per heavy atom. The Balaban J connectivity index is 2.38. The zero-order chi connectivity index (χ0) is 15.6. The lowest BCUT2D eigenvalue weighted by atomic mass is 10.1. The molecule has 1 fully saturated rings. The summed E-state index contributed by atoms with van der Waals surface area (Å²) in [4.78, 5) is 10.9. The summed E-state index contributed by atoms with van der Waals surface area (Å²) in [5.74, 6) is -1.06. The van der Waals surface area contributed by atoms with Crippen LogP contribution in [-0.2, 0) is 14.8 Å². The molecule has 0 aromatic heterocycles. The van der Waals surface area contributed by atoms with Gasteiger partial charge in [0, 0.05) is 19.2 Å². The van der Waals surface area contributed by atoms with E-state index in [2.05, 4.69) is 0 Å². The number of carboxylic acid groups (broad SMARTS) is 1. The molecule has 116 valence electrons. The van der Waals surface area contributed by atoms with Crippen LogP contribution in [0.4, 0.5) is 0 Å². The van der Waals surface area contributed by atoms with Crippen molar-refractivity contribution in [3.63, 3.8) is 0 Å². The molecule has 1 aromatic rings. The van der Waals surface area contributed by atoms with Crippen LogP contribution in [0.3, 0.4) is 0 Å². The SMILES string of the molecule is COc1ccc(OC)c(S(=O)(=O)N2CCC(C(=O)O)C2)c1. The van der Waals surface area contributed by atoms with Crippen LogP contribution in [0.2, 0.25) is 0 Å². The average Bonchev–Trinajstić information content (AvgIpc) is 2.97. The predicted octanol–water partition coefficient (Wildman–Crippen LogP) is 0.799. The maximum absolute atomic E-state index is 12.6. The smallest absolute Gasteiger partial charge is 0.307 e. The van der Waals surface area contributed by atoms with Crippen molar-refractivity contribution in [2.45, 2.75) is 11.3 Å². The minimum Gasteiger partial charge on any atom is -0.497 e. The Hall–Kier alpha value is -1.80. The first-order chi connectivity index (χ1) is 9.90. The molecule has 1 aromatic carbocycles. The van der Waals surface area contributed by atoms with E-state index in [4.69, 9.17) is 14.6 Å². The molecule has 21 heavy (non-hydrogen) atoms. The molecule has 1 saturated heterocycles. The quantitative estimate of drug-likeness (QED) is 0.864. The van der Waals surface area contributed by atoms with Crippen molar-refractivity contribution in [1.82, 2.24) is 4.31 Å². The molecule has 0 spiro atoms. The van der Waals surface area contributed by atoms with Gasteiger partial charge in [-0.3, -0.25) is 4.79 Å². The number of carboxylic acids is 1. The van der Waals surface area contributed by atoms with Gasteiger partial charge in [0.1, 0.15) is 16.4 Å². The van der Waals surface area contributed by atoms with E-state index >= 15 is 0 Å². The molecule has 1 heterocycles. The number of rotatable bonds is 5. The third kappa shape index (κ3) is 2.96. The number of sulfonamides is 1. The standard InChI is InChI=1S/C13H17NO6S/c1-19-10-3-4-11(20-2)12(7-10)21(17,18)14-6-5-9(8-14)13(15)16/h3-4,7,9H,5-6,8H2,1-2H3,(H,15,16). The summed E-state index contributed by atoms with van der Waals surface area (Å²) in [6.45, 7) is 0.150. The Labute approximate surface area is 123 Å². The van der Waals surface area contributed by atoms with Gasteiger partial charge in [0.05, 0.1) is 20.1 Å². The molecule has 0 bridgehead atoms. The first kappa shape index (κ1) is 15.6. The van der Waals surface area contributed by atoms with Crippen molar-refractivity contribution >= 4 is 16.0 Å². The van der Waals surface area contributed by atoms with Gasteiger partial charge in [-0.1, -0.05) is 0 Å². The second kappa shape index (κ2) is 5.90. The summed E-state index contributed by atoms with van der Waals surface area (Å²) >= 11 is 0. The van der Waals surface area contributed by atoms with E-state index in [0.717, 1.165) is 0 Å². The first-order valence-electron chi connectivity index (χ1n) is 6.35. The normalized spacial score (nSPS) is 19.4. The minimum atomic E-state index is -3.82. The second-order valence-electron chi connectivity index (χ2n) is 4.70. The van der Waals surface area contributed by atoms with Crippen molar-refractivity contribution in [2.24, 2.45) is 5.92 Å². The fourth-order valence-corrected chi connectivity index (χ4v) is 3.94. The monoisotopic (exact) mass is 315 g/mol. The van der Waals surface area contributed by atoms with Gasteiger partial charge in [0.15, 0.2) is 0 Å². The van der Waals surface area contributed by atoms with Gasteiger partial charge < -0.3 is 14.6 Å². The molecule has 0 aliphatic carbocycles. The number of hydrogen-bond donors (Lipinski definition) is 1. The lowest BCUT2D eigenvalue weighted by Gasteiger charge is -2.18. The summed E-state index contributed by atoms with van der Waals surface area (Å²) in [6.07, 6.45) is 0.306. The molecule has 0 saturated carbocycles. The lowest BCUT2D eigenvalue weighted by molar-refractivity contribution is -0.141. The molecule has 1 N–H and O–H groups in total. The summed E-state index contributed by atoms with van der Waals surface area (Å²) in [6, 6.07) is 4.49. The van der Waals surface area contributed by atoms with E-state index in [1.54, 1.807) is 6.07 Å². The van der Waals surface area contributed by atoms with Gasteiger partial charge in [-0.2, -0.15) is 4.31 Å². The third-order valence-electron chi connectivity index (χ3n) is 3.49. The van der Waals surface area contributed by atoms with E-state index in [1.165, 1.54) is 30.7 Å². The number of hydrogen-bond acceptors (Lipinski definition) is 5. The molecule has 0 amide bonds. The highest BCUT2D eigenvalue weighted by Gasteiger charge is 2.37. The molecule has 2 rings (SSSR count). The maximum atomic E-state index is 12.6. The first-order valence-corrected chi connectivity index (χ1v) is 7.79. The molecular formula is C13H17NO6S. The highest BCUT2D eigenvalue weighted by molar-refractivity contribution is 7.89. The largest absolute Gasteiger partial charge is 0.497 e. The zero-order valence-corrected chi connectivity index (χ0v) is 12.6. The van der Waals surface area contributed by atoms with Crippen LogP contribution in [0.1, 0.15) is 6.42 Å². The highest BCUT2D eigenvalue weighted by atomic mass is 32.2. The van der Waals surface area contributed by atoms with Crippen LogP contribution in [0.5, 0.6) is 11.5 Å². The average molecular weight is 315 g/mol. The molecular weight excluding hydrogens is 298 g/mol. The van der Waals surface area contributed by atoms with E-state index in [1.807, 2.05) is 0 Å². The van der Waals surface area contributed by atoms with E-state index in [0.29, 0.717) is 12.2 Å². The van der Waals surface area contributed by atoms with E-state index < -0.39 is 21.9 Å². The zero-order valence-electron chi connectivity index (χ0n) is 11.8. The summed E-state index contributed by atoms with van der Waals surface area (Å²) in [7, 11) is -0.997. The van der Waals surface area contributed by atoms with Crippen molar-refractivity contribution in [3.8, 4) is 11.5 Å². The number of methoxy groups -OCH3 is 2. The number of ether oxygens (including phenoxy) is 2. The lowest BCUT2D eigenvalue weighted by Crippen LogP contribution is -2.30. The van der Waals surface area contributed by atoms with Gasteiger partial charge in [-0.05, 0) is 18.6 Å². The fourth-order valence-electron chi connectivity index (χ4n) is 2.27. The van der Waals surface area contributed by atoms with Crippen LogP contribution < -0.4 is 9.47 Å². The van der Waals surface area contributed by atoms with Gasteiger partial charge in [0.2, 0.25) is 10.0 Å². The molecule has 8 heteroatoms. The molecule has 0 radical (unpaired) electrons. The summed E-state index contributed by atoms with van der Waals surface area (Å²) in [5, 5.41) is 8.98. The highest BCUT2D eigenvalue weighted by Crippen LogP contribution is 2.33. The van der Waals surface area contributed by atoms with Crippen molar-refractivity contribution in [3.05, 3.63) is 18.2 Å². The number of carbonyl (C=O) groups is 1. The second-order valence-corrected chi connectivity index (χ2v) is 6.61. The van der Waals surface area contributed by atoms with E-state index in [9.17, 15) is 13.2 Å². The predicted molar refractivity (Wildman–Crippen MR) is 74.0 cm³/mol. The van der Waals surface area contributed by atoms with Crippen LogP contribution in [-0.4, -0.2) is 51.1 Å². The van der Waals surface area contributed by atoms with Crippen LogP contribution in [0.25, 0.3) is 0 Å². The Kier molecular flexibility index (Phi) is 4.38. The van der Waals surface area contributed by atoms with Crippen molar-refractivity contribution < 1.29 is 27.8 Å². The third-order valence-corrected chi connectivity index (χ3v) is 5.38. The minimum absolute atomic E-state index is 0.0182. The molecule has 1 unspecified atom stereocenters. The molecule has 1 aliphatic rings. The fraction of sp³-hybridized carbons (Fsp3) is 0.462. The van der Waals surface area contributed by atoms with Crippen LogP contribution >= 0.6 is 0 Å². The van der Waals surface area contributed by atoms with Gasteiger partial charge in [-0.15, -0.1) is 0 Å². The molecule has 1 atom stereocenters. The Bertz CT molecular complexity index is 642. The summed E-state index contributed by atoms with van der Waals surface area (Å²) < 4.78 is 36.6. The van der Waals surface area contributed by atoms with Gasteiger partial charge in [-0.25, -0.2) is 8.42 Å². The van der Waals surface area contributed by atoms with Crippen LogP contribution in [0.15, 0.2) is 23.1 Å². The van der Waals surface area contributed by atoms with Gasteiger partial charge >= 0.3 is 5.97 Å². The van der Waals surface area contributed by atoms with Crippen molar-refractivity contribution in [1.29, 1.82) is 0 Å². The topological polar surface area (TPSA) is 93.1 Å². The van der Waals surface area contributed by atoms with Crippen LogP contribution in [0, 0.1) is 5.92 Å².